The average molecular weight is 263 g/mol. The molecule has 0 aromatic carbocycles. The Labute approximate surface area is 113 Å². The van der Waals surface area contributed by atoms with E-state index in [0.717, 1.165) is 30.3 Å². The van der Waals surface area contributed by atoms with Crippen LogP contribution in [0.2, 0.25) is 0 Å². The number of carbonyl (C=O) groups is 1. The highest BCUT2D eigenvalue weighted by Crippen LogP contribution is 2.27. The van der Waals surface area contributed by atoms with Crippen molar-refractivity contribution in [2.45, 2.75) is 27.3 Å². The molecule has 0 atom stereocenters. The predicted octanol–water partition coefficient (Wildman–Crippen LogP) is 0.669. The van der Waals surface area contributed by atoms with Crippen molar-refractivity contribution >= 4 is 17.6 Å². The molecule has 1 aromatic rings. The van der Waals surface area contributed by atoms with E-state index < -0.39 is 0 Å². The quantitative estimate of drug-likeness (QED) is 0.753. The Hall–Kier alpha value is -1.55. The van der Waals surface area contributed by atoms with Gasteiger partial charge in [-0.3, -0.25) is 0 Å². The SMILES string of the molecule is C/C=c1\c(=C(/C)C(=O)OC)ccn1CC1(C)COC1. The van der Waals surface area contributed by atoms with Crippen LogP contribution in [0.15, 0.2) is 12.3 Å². The fourth-order valence-electron chi connectivity index (χ4n) is 2.48. The molecule has 0 amide bonds. The summed E-state index contributed by atoms with van der Waals surface area (Å²) in [7, 11) is 1.41. The summed E-state index contributed by atoms with van der Waals surface area (Å²) in [5, 5.41) is 2.01. The molecule has 0 saturated carbocycles. The third-order valence-corrected chi connectivity index (χ3v) is 3.63. The lowest BCUT2D eigenvalue weighted by molar-refractivity contribution is -0.133. The smallest absolute Gasteiger partial charge is 0.334 e. The molecular formula is C15H21NO3. The van der Waals surface area contributed by atoms with Gasteiger partial charge in [0.1, 0.15) is 0 Å². The largest absolute Gasteiger partial charge is 0.466 e. The van der Waals surface area contributed by atoms with Crippen molar-refractivity contribution in [1.29, 1.82) is 0 Å². The van der Waals surface area contributed by atoms with Crippen molar-refractivity contribution in [2.75, 3.05) is 20.3 Å². The first kappa shape index (κ1) is 13.9. The molecule has 1 saturated heterocycles. The number of ether oxygens (including phenoxy) is 2. The van der Waals surface area contributed by atoms with Crippen LogP contribution in [-0.4, -0.2) is 30.9 Å². The number of hydrogen-bond donors (Lipinski definition) is 0. The Balaban J connectivity index is 2.44. The molecule has 0 aliphatic carbocycles. The van der Waals surface area contributed by atoms with Crippen molar-refractivity contribution < 1.29 is 14.3 Å². The Morgan fingerprint density at radius 3 is 2.74 bits per heavy atom. The van der Waals surface area contributed by atoms with Crippen molar-refractivity contribution in [1.82, 2.24) is 4.57 Å². The average Bonchev–Trinajstić information content (AvgIpc) is 2.77. The van der Waals surface area contributed by atoms with Gasteiger partial charge in [0.15, 0.2) is 0 Å². The van der Waals surface area contributed by atoms with Crippen LogP contribution in [0.25, 0.3) is 11.6 Å². The van der Waals surface area contributed by atoms with Crippen molar-refractivity contribution in [3.63, 3.8) is 0 Å². The van der Waals surface area contributed by atoms with Gasteiger partial charge in [0.2, 0.25) is 0 Å². The minimum atomic E-state index is -0.279. The molecule has 1 aliphatic rings. The molecule has 19 heavy (non-hydrogen) atoms. The van der Waals surface area contributed by atoms with Crippen LogP contribution in [0.5, 0.6) is 0 Å². The van der Waals surface area contributed by atoms with Gasteiger partial charge in [0, 0.05) is 34.3 Å². The Bertz CT molecular complexity index is 593. The number of carbonyl (C=O) groups excluding carboxylic acids is 1. The van der Waals surface area contributed by atoms with Gasteiger partial charge >= 0.3 is 5.97 Å². The molecule has 0 unspecified atom stereocenters. The summed E-state index contributed by atoms with van der Waals surface area (Å²) in [4.78, 5) is 11.6. The lowest BCUT2D eigenvalue weighted by Gasteiger charge is -2.38. The predicted molar refractivity (Wildman–Crippen MR) is 73.8 cm³/mol. The summed E-state index contributed by atoms with van der Waals surface area (Å²) in [6.45, 7) is 8.49. The van der Waals surface area contributed by atoms with Crippen LogP contribution in [0, 0.1) is 5.41 Å². The van der Waals surface area contributed by atoms with E-state index in [4.69, 9.17) is 9.47 Å². The number of esters is 1. The maximum atomic E-state index is 11.6. The van der Waals surface area contributed by atoms with Gasteiger partial charge in [-0.2, -0.15) is 0 Å². The zero-order valence-electron chi connectivity index (χ0n) is 12.0. The first-order valence-electron chi connectivity index (χ1n) is 6.49. The zero-order chi connectivity index (χ0) is 14.0. The Morgan fingerprint density at radius 2 is 2.26 bits per heavy atom. The van der Waals surface area contributed by atoms with Crippen LogP contribution >= 0.6 is 0 Å². The number of aromatic nitrogens is 1. The monoisotopic (exact) mass is 263 g/mol. The van der Waals surface area contributed by atoms with E-state index >= 15 is 0 Å². The molecule has 0 bridgehead atoms. The third-order valence-electron chi connectivity index (χ3n) is 3.63. The molecule has 0 N–H and O–H groups in total. The van der Waals surface area contributed by atoms with E-state index in [1.807, 2.05) is 25.3 Å². The van der Waals surface area contributed by atoms with Crippen LogP contribution in [0.1, 0.15) is 20.8 Å². The van der Waals surface area contributed by atoms with E-state index in [-0.39, 0.29) is 11.4 Å². The second kappa shape index (κ2) is 5.21. The lowest BCUT2D eigenvalue weighted by atomic mass is 9.88. The molecule has 4 heteroatoms. The standard InChI is InChI=1S/C15H21NO3/c1-5-13-12(11(2)14(17)18-4)6-7-16(13)8-15(3)9-19-10-15/h5-7H,8-10H2,1-4H3/b12-11+,13-5+. The molecule has 1 aliphatic heterocycles. The highest BCUT2D eigenvalue weighted by molar-refractivity contribution is 6.08. The summed E-state index contributed by atoms with van der Waals surface area (Å²) in [5.41, 5.74) is 0.845. The van der Waals surface area contributed by atoms with E-state index in [1.54, 1.807) is 6.92 Å². The molecule has 2 rings (SSSR count). The van der Waals surface area contributed by atoms with Crippen LogP contribution in [0.3, 0.4) is 0 Å². The van der Waals surface area contributed by atoms with E-state index in [2.05, 4.69) is 11.5 Å². The Kier molecular flexibility index (Phi) is 3.80. The van der Waals surface area contributed by atoms with E-state index in [1.165, 1.54) is 7.11 Å². The van der Waals surface area contributed by atoms with Gasteiger partial charge in [0.25, 0.3) is 0 Å². The Morgan fingerprint density at radius 1 is 1.58 bits per heavy atom. The molecule has 1 fully saturated rings. The number of rotatable bonds is 3. The van der Waals surface area contributed by atoms with Crippen LogP contribution in [0.4, 0.5) is 0 Å². The summed E-state index contributed by atoms with van der Waals surface area (Å²) >= 11 is 0. The van der Waals surface area contributed by atoms with Gasteiger partial charge < -0.3 is 14.0 Å². The zero-order valence-corrected chi connectivity index (χ0v) is 12.0. The summed E-state index contributed by atoms with van der Waals surface area (Å²) in [6.07, 6.45) is 4.06. The third kappa shape index (κ3) is 2.59. The highest BCUT2D eigenvalue weighted by atomic mass is 16.5. The summed E-state index contributed by atoms with van der Waals surface area (Å²) in [6, 6.07) is 1.98. The molecular weight excluding hydrogens is 242 g/mol. The fraction of sp³-hybridized carbons (Fsp3) is 0.533. The second-order valence-electron chi connectivity index (χ2n) is 5.45. The molecule has 0 radical (unpaired) electrons. The maximum absolute atomic E-state index is 11.6. The van der Waals surface area contributed by atoms with Gasteiger partial charge in [0.05, 0.1) is 20.3 Å². The number of hydrogen-bond acceptors (Lipinski definition) is 3. The maximum Gasteiger partial charge on any atom is 0.334 e. The molecule has 0 spiro atoms. The lowest BCUT2D eigenvalue weighted by Crippen LogP contribution is -2.45. The van der Waals surface area contributed by atoms with Crippen molar-refractivity contribution in [3.05, 3.63) is 22.8 Å². The van der Waals surface area contributed by atoms with Gasteiger partial charge in [-0.25, -0.2) is 4.79 Å². The van der Waals surface area contributed by atoms with Gasteiger partial charge in [-0.05, 0) is 19.9 Å². The minimum absolute atomic E-state index is 0.202. The first-order valence-corrected chi connectivity index (χ1v) is 6.49. The highest BCUT2D eigenvalue weighted by Gasteiger charge is 2.33. The topological polar surface area (TPSA) is 40.5 Å². The van der Waals surface area contributed by atoms with Crippen molar-refractivity contribution in [3.8, 4) is 0 Å². The van der Waals surface area contributed by atoms with Crippen LogP contribution in [-0.2, 0) is 20.8 Å². The van der Waals surface area contributed by atoms with Gasteiger partial charge in [-0.15, -0.1) is 0 Å². The normalized spacial score (nSPS) is 19.9. The van der Waals surface area contributed by atoms with E-state index in [0.29, 0.717) is 5.57 Å². The summed E-state index contributed by atoms with van der Waals surface area (Å²) in [5.74, 6) is -0.279. The van der Waals surface area contributed by atoms with Gasteiger partial charge in [-0.1, -0.05) is 13.0 Å². The number of nitrogens with zero attached hydrogens (tertiary/aromatic N) is 1. The van der Waals surface area contributed by atoms with Crippen LogP contribution < -0.4 is 10.6 Å². The van der Waals surface area contributed by atoms with Crippen molar-refractivity contribution in [2.24, 2.45) is 5.41 Å². The molecule has 2 heterocycles. The minimum Gasteiger partial charge on any atom is -0.466 e. The molecule has 4 nitrogen and oxygen atoms in total. The molecule has 1 aromatic heterocycles. The fourth-order valence-corrected chi connectivity index (χ4v) is 2.48. The summed E-state index contributed by atoms with van der Waals surface area (Å²) < 4.78 is 12.3. The second-order valence-corrected chi connectivity index (χ2v) is 5.45. The first-order chi connectivity index (χ1) is 9.00. The van der Waals surface area contributed by atoms with E-state index in [9.17, 15) is 4.79 Å². The number of methoxy groups -OCH3 is 1. The molecule has 104 valence electrons.